The predicted molar refractivity (Wildman–Crippen MR) is 95.8 cm³/mol. The first-order chi connectivity index (χ1) is 12.5. The summed E-state index contributed by atoms with van der Waals surface area (Å²) in [5.41, 5.74) is 2.15. The van der Waals surface area contributed by atoms with Gasteiger partial charge in [-0.1, -0.05) is 29.8 Å². The molecule has 2 aromatic carbocycles. The van der Waals surface area contributed by atoms with Crippen molar-refractivity contribution in [1.82, 2.24) is 0 Å². The van der Waals surface area contributed by atoms with Gasteiger partial charge in [0, 0.05) is 31.0 Å². The van der Waals surface area contributed by atoms with Crippen molar-refractivity contribution in [2.45, 2.75) is 25.4 Å². The fraction of sp³-hybridized carbons (Fsp3) is 0.300. The Kier molecular flexibility index (Phi) is 4.39. The topological polar surface area (TPSA) is 36.9 Å². The van der Waals surface area contributed by atoms with Crippen LogP contribution in [0.2, 0.25) is 5.02 Å². The lowest BCUT2D eigenvalue weighted by atomic mass is 10.0. The Hall–Kier alpha value is -2.08. The van der Waals surface area contributed by atoms with E-state index in [9.17, 15) is 4.39 Å². The van der Waals surface area contributed by atoms with E-state index in [0.29, 0.717) is 29.5 Å². The fourth-order valence-corrected chi connectivity index (χ4v) is 3.41. The second kappa shape index (κ2) is 6.58. The fourth-order valence-electron chi connectivity index (χ4n) is 3.25. The van der Waals surface area contributed by atoms with E-state index in [2.05, 4.69) is 6.08 Å². The Bertz CT molecular complexity index is 882. The van der Waals surface area contributed by atoms with Crippen LogP contribution in [0.3, 0.4) is 0 Å². The number of fused-ring (bicyclic) bond motifs is 1. The van der Waals surface area contributed by atoms with E-state index in [1.54, 1.807) is 32.2 Å². The Balaban J connectivity index is 1.69. The molecule has 4 nitrogen and oxygen atoms in total. The highest BCUT2D eigenvalue weighted by Crippen LogP contribution is 2.48. The molecular formula is C20H18ClFO4. The highest BCUT2D eigenvalue weighted by molar-refractivity contribution is 6.30. The Morgan fingerprint density at radius 2 is 2.08 bits per heavy atom. The highest BCUT2D eigenvalue weighted by Gasteiger charge is 2.42. The molecule has 2 unspecified atom stereocenters. The molecule has 2 heterocycles. The van der Waals surface area contributed by atoms with Gasteiger partial charge in [-0.25, -0.2) is 4.39 Å². The van der Waals surface area contributed by atoms with Gasteiger partial charge in [0.15, 0.2) is 17.8 Å². The van der Waals surface area contributed by atoms with Gasteiger partial charge in [-0.05, 0) is 29.8 Å². The van der Waals surface area contributed by atoms with Crippen molar-refractivity contribution in [1.29, 1.82) is 0 Å². The summed E-state index contributed by atoms with van der Waals surface area (Å²) in [6, 6.07) is 10.1. The minimum Gasteiger partial charge on any atom is -0.444 e. The molecule has 6 heteroatoms. The summed E-state index contributed by atoms with van der Waals surface area (Å²) in [5, 5.41) is 0.322. The summed E-state index contributed by atoms with van der Waals surface area (Å²) < 4.78 is 37.4. The summed E-state index contributed by atoms with van der Waals surface area (Å²) in [6.45, 7) is 2.10. The van der Waals surface area contributed by atoms with Crippen LogP contribution in [-0.4, -0.2) is 20.0 Å². The lowest BCUT2D eigenvalue weighted by Crippen LogP contribution is -2.32. The monoisotopic (exact) mass is 376 g/mol. The van der Waals surface area contributed by atoms with Crippen LogP contribution in [-0.2, 0) is 15.3 Å². The second-order valence-corrected chi connectivity index (χ2v) is 6.78. The first-order valence-corrected chi connectivity index (χ1v) is 8.68. The van der Waals surface area contributed by atoms with E-state index >= 15 is 0 Å². The molecule has 0 N–H and O–H groups in total. The van der Waals surface area contributed by atoms with Gasteiger partial charge in [-0.2, -0.15) is 0 Å². The van der Waals surface area contributed by atoms with Crippen molar-refractivity contribution >= 4 is 17.2 Å². The Morgan fingerprint density at radius 3 is 2.77 bits per heavy atom. The van der Waals surface area contributed by atoms with Gasteiger partial charge in [-0.3, -0.25) is 0 Å². The molecule has 0 aliphatic carbocycles. The average molecular weight is 377 g/mol. The lowest BCUT2D eigenvalue weighted by Gasteiger charge is -2.25. The summed E-state index contributed by atoms with van der Waals surface area (Å²) in [6.07, 6.45) is 2.48. The van der Waals surface area contributed by atoms with Crippen LogP contribution in [0.5, 0.6) is 11.5 Å². The molecule has 136 valence electrons. The van der Waals surface area contributed by atoms with E-state index in [1.165, 1.54) is 6.07 Å². The van der Waals surface area contributed by atoms with Crippen molar-refractivity contribution in [3.8, 4) is 11.5 Å². The summed E-state index contributed by atoms with van der Waals surface area (Å²) in [7, 11) is 1.62. The van der Waals surface area contributed by atoms with E-state index in [4.69, 9.17) is 30.5 Å². The molecular weight excluding hydrogens is 359 g/mol. The van der Waals surface area contributed by atoms with Gasteiger partial charge in [0.05, 0.1) is 12.2 Å². The van der Waals surface area contributed by atoms with Crippen LogP contribution < -0.4 is 9.47 Å². The molecule has 0 fully saturated rings. The second-order valence-electron chi connectivity index (χ2n) is 6.35. The van der Waals surface area contributed by atoms with Crippen molar-refractivity contribution in [2.75, 3.05) is 13.7 Å². The molecule has 2 aliphatic heterocycles. The largest absolute Gasteiger partial charge is 0.444 e. The third kappa shape index (κ3) is 2.96. The molecule has 2 aromatic rings. The van der Waals surface area contributed by atoms with Crippen LogP contribution in [0.25, 0.3) is 5.57 Å². The number of hydrogen-bond acceptors (Lipinski definition) is 4. The van der Waals surface area contributed by atoms with Crippen LogP contribution >= 0.6 is 11.6 Å². The van der Waals surface area contributed by atoms with E-state index in [1.807, 2.05) is 12.1 Å². The Morgan fingerprint density at radius 1 is 1.23 bits per heavy atom. The van der Waals surface area contributed by atoms with Crippen molar-refractivity contribution in [3.63, 3.8) is 0 Å². The summed E-state index contributed by atoms with van der Waals surface area (Å²) in [5.74, 6) is -0.597. The first kappa shape index (κ1) is 17.3. The molecule has 0 spiro atoms. The summed E-state index contributed by atoms with van der Waals surface area (Å²) >= 11 is 5.86. The third-order valence-electron chi connectivity index (χ3n) is 4.59. The van der Waals surface area contributed by atoms with E-state index in [-0.39, 0.29) is 11.9 Å². The SMILES string of the molecule is COC1CC=C(c2cccc3c2OC(C)(c2ccc(Cl)cc2F)O3)CO1. The van der Waals surface area contributed by atoms with Crippen LogP contribution in [0.4, 0.5) is 4.39 Å². The zero-order valence-electron chi connectivity index (χ0n) is 14.4. The number of para-hydroxylation sites is 1. The van der Waals surface area contributed by atoms with Gasteiger partial charge in [0.25, 0.3) is 5.79 Å². The van der Waals surface area contributed by atoms with Gasteiger partial charge in [0.2, 0.25) is 0 Å². The van der Waals surface area contributed by atoms with Crippen molar-refractivity contribution in [2.24, 2.45) is 0 Å². The quantitative estimate of drug-likeness (QED) is 0.763. The summed E-state index contributed by atoms with van der Waals surface area (Å²) in [4.78, 5) is 0. The van der Waals surface area contributed by atoms with Crippen LogP contribution in [0.15, 0.2) is 42.5 Å². The molecule has 0 bridgehead atoms. The smallest absolute Gasteiger partial charge is 0.278 e. The number of halogens is 2. The van der Waals surface area contributed by atoms with Crippen LogP contribution in [0, 0.1) is 5.82 Å². The van der Waals surface area contributed by atoms with E-state index < -0.39 is 11.6 Å². The molecule has 4 rings (SSSR count). The predicted octanol–water partition coefficient (Wildman–Crippen LogP) is 4.90. The van der Waals surface area contributed by atoms with Gasteiger partial charge >= 0.3 is 0 Å². The number of benzene rings is 2. The minimum atomic E-state index is -1.27. The average Bonchev–Trinajstić information content (AvgIpc) is 2.98. The molecule has 0 saturated carbocycles. The number of ether oxygens (including phenoxy) is 4. The normalized spacial score (nSPS) is 24.5. The maximum absolute atomic E-state index is 14.4. The standard InChI is InChI=1S/C20H18ClFO4/c1-20(15-8-7-13(21)10-16(15)22)25-17-5-3-4-14(19(17)26-20)12-6-9-18(23-2)24-11-12/h3-8,10,18H,9,11H2,1-2H3. The Labute approximate surface area is 156 Å². The van der Waals surface area contributed by atoms with Gasteiger partial charge in [-0.15, -0.1) is 0 Å². The number of methoxy groups -OCH3 is 1. The maximum atomic E-state index is 14.4. The zero-order valence-corrected chi connectivity index (χ0v) is 15.2. The molecule has 2 atom stereocenters. The molecule has 0 saturated heterocycles. The third-order valence-corrected chi connectivity index (χ3v) is 4.83. The van der Waals surface area contributed by atoms with Crippen molar-refractivity contribution < 1.29 is 23.3 Å². The molecule has 0 radical (unpaired) electrons. The molecule has 2 aliphatic rings. The minimum absolute atomic E-state index is 0.235. The molecule has 26 heavy (non-hydrogen) atoms. The maximum Gasteiger partial charge on any atom is 0.278 e. The number of rotatable bonds is 3. The zero-order chi connectivity index (χ0) is 18.3. The molecule has 0 amide bonds. The van der Waals surface area contributed by atoms with Crippen molar-refractivity contribution in [3.05, 3.63) is 64.4 Å². The van der Waals surface area contributed by atoms with E-state index in [0.717, 1.165) is 11.1 Å². The van der Waals surface area contributed by atoms with Crippen LogP contribution in [0.1, 0.15) is 24.5 Å². The lowest BCUT2D eigenvalue weighted by molar-refractivity contribution is -0.114. The number of hydrogen-bond donors (Lipinski definition) is 0. The molecule has 0 aromatic heterocycles. The van der Waals surface area contributed by atoms with Gasteiger partial charge < -0.3 is 18.9 Å². The highest BCUT2D eigenvalue weighted by atomic mass is 35.5. The first-order valence-electron chi connectivity index (χ1n) is 8.30. The van der Waals surface area contributed by atoms with Gasteiger partial charge in [0.1, 0.15) is 5.82 Å².